The minimum Gasteiger partial charge on any atom is -0.399 e. The van der Waals surface area contributed by atoms with Crippen LogP contribution in [0.25, 0.3) is 0 Å². The summed E-state index contributed by atoms with van der Waals surface area (Å²) < 4.78 is 49.6. The number of ether oxygens (including phenoxy) is 2. The average Bonchev–Trinajstić information content (AvgIpc) is 2.79. The van der Waals surface area contributed by atoms with Gasteiger partial charge in [0.15, 0.2) is 0 Å². The standard InChI is InChI=1S/C17H28BNO6S/c1-16(2)17(3,4)25-18(24-16)14-7-6-8-15(13-14)26(20,21)19-9-10-23-12-11-22-5/h6-8,13,19H,9-12H2,1-5H3. The Kier molecular flexibility index (Phi) is 6.87. The summed E-state index contributed by atoms with van der Waals surface area (Å²) in [5.74, 6) is 0. The second kappa shape index (κ2) is 8.37. The highest BCUT2D eigenvalue weighted by Crippen LogP contribution is 2.36. The second-order valence-electron chi connectivity index (χ2n) is 7.16. The Hall–Kier alpha value is -0.965. The van der Waals surface area contributed by atoms with Gasteiger partial charge in [0.25, 0.3) is 0 Å². The molecule has 0 unspecified atom stereocenters. The van der Waals surface area contributed by atoms with Crippen molar-refractivity contribution in [2.45, 2.75) is 43.8 Å². The lowest BCUT2D eigenvalue weighted by Crippen LogP contribution is -2.41. The normalized spacial score (nSPS) is 19.0. The van der Waals surface area contributed by atoms with Crippen LogP contribution in [0.3, 0.4) is 0 Å². The Morgan fingerprint density at radius 2 is 1.73 bits per heavy atom. The van der Waals surface area contributed by atoms with E-state index < -0.39 is 28.3 Å². The zero-order valence-corrected chi connectivity index (χ0v) is 16.9. The van der Waals surface area contributed by atoms with E-state index in [1.807, 2.05) is 27.7 Å². The summed E-state index contributed by atoms with van der Waals surface area (Å²) in [5.41, 5.74) is -0.294. The third-order valence-corrected chi connectivity index (χ3v) is 6.12. The van der Waals surface area contributed by atoms with Gasteiger partial charge in [-0.15, -0.1) is 0 Å². The fraction of sp³-hybridized carbons (Fsp3) is 0.647. The van der Waals surface area contributed by atoms with E-state index in [9.17, 15) is 8.42 Å². The van der Waals surface area contributed by atoms with Gasteiger partial charge in [-0.25, -0.2) is 13.1 Å². The van der Waals surface area contributed by atoms with E-state index in [1.165, 1.54) is 0 Å². The molecule has 26 heavy (non-hydrogen) atoms. The fourth-order valence-corrected chi connectivity index (χ4v) is 3.45. The summed E-state index contributed by atoms with van der Waals surface area (Å²) in [4.78, 5) is 0.168. The molecule has 0 spiro atoms. The lowest BCUT2D eigenvalue weighted by atomic mass is 9.79. The summed E-state index contributed by atoms with van der Waals surface area (Å²) in [6, 6.07) is 6.61. The molecule has 1 saturated heterocycles. The van der Waals surface area contributed by atoms with Crippen molar-refractivity contribution in [3.8, 4) is 0 Å². The highest BCUT2D eigenvalue weighted by atomic mass is 32.2. The molecule has 0 radical (unpaired) electrons. The van der Waals surface area contributed by atoms with E-state index in [1.54, 1.807) is 31.4 Å². The molecule has 1 aromatic rings. The van der Waals surface area contributed by atoms with Gasteiger partial charge in [-0.3, -0.25) is 0 Å². The Balaban J connectivity index is 2.02. The number of nitrogens with one attached hydrogen (secondary N) is 1. The molecule has 0 saturated carbocycles. The number of methoxy groups -OCH3 is 1. The van der Waals surface area contributed by atoms with Gasteiger partial charge >= 0.3 is 7.12 Å². The van der Waals surface area contributed by atoms with Gasteiger partial charge in [-0.05, 0) is 45.3 Å². The van der Waals surface area contributed by atoms with Crippen LogP contribution in [0.4, 0.5) is 0 Å². The SMILES string of the molecule is COCCOCCNS(=O)(=O)c1cccc(B2OC(C)(C)C(C)(C)O2)c1. The van der Waals surface area contributed by atoms with Crippen molar-refractivity contribution >= 4 is 22.6 Å². The van der Waals surface area contributed by atoms with Crippen molar-refractivity contribution < 1.29 is 27.2 Å². The van der Waals surface area contributed by atoms with Gasteiger partial charge in [0.2, 0.25) is 10.0 Å². The monoisotopic (exact) mass is 385 g/mol. The Bertz CT molecular complexity index is 691. The van der Waals surface area contributed by atoms with Gasteiger partial charge in [-0.2, -0.15) is 0 Å². The van der Waals surface area contributed by atoms with E-state index >= 15 is 0 Å². The molecular formula is C17H28BNO6S. The zero-order valence-electron chi connectivity index (χ0n) is 16.1. The lowest BCUT2D eigenvalue weighted by molar-refractivity contribution is 0.00578. The molecule has 2 rings (SSSR count). The van der Waals surface area contributed by atoms with Crippen LogP contribution in [0.2, 0.25) is 0 Å². The van der Waals surface area contributed by atoms with Crippen molar-refractivity contribution in [1.29, 1.82) is 0 Å². The van der Waals surface area contributed by atoms with Crippen molar-refractivity contribution in [3.63, 3.8) is 0 Å². The maximum absolute atomic E-state index is 12.5. The van der Waals surface area contributed by atoms with Crippen LogP contribution < -0.4 is 10.2 Å². The van der Waals surface area contributed by atoms with Crippen molar-refractivity contribution in [2.75, 3.05) is 33.5 Å². The highest BCUT2D eigenvalue weighted by Gasteiger charge is 2.51. The molecule has 0 aliphatic carbocycles. The van der Waals surface area contributed by atoms with Gasteiger partial charge < -0.3 is 18.8 Å². The summed E-state index contributed by atoms with van der Waals surface area (Å²) in [7, 11) is -2.66. The predicted octanol–water partition coefficient (Wildman–Crippen LogP) is 0.927. The molecule has 1 fully saturated rings. The van der Waals surface area contributed by atoms with Crippen molar-refractivity contribution in [1.82, 2.24) is 4.72 Å². The topological polar surface area (TPSA) is 83.1 Å². The Morgan fingerprint density at radius 1 is 1.08 bits per heavy atom. The number of hydrogen-bond acceptors (Lipinski definition) is 6. The molecule has 7 nitrogen and oxygen atoms in total. The number of sulfonamides is 1. The molecule has 1 aliphatic heterocycles. The third-order valence-electron chi connectivity index (χ3n) is 4.66. The van der Waals surface area contributed by atoms with Crippen LogP contribution in [-0.4, -0.2) is 60.2 Å². The minimum atomic E-state index is -3.63. The van der Waals surface area contributed by atoms with Gasteiger partial charge in [0, 0.05) is 13.7 Å². The second-order valence-corrected chi connectivity index (χ2v) is 8.93. The molecular weight excluding hydrogens is 357 g/mol. The van der Waals surface area contributed by atoms with Gasteiger partial charge in [-0.1, -0.05) is 12.1 Å². The van der Waals surface area contributed by atoms with Crippen molar-refractivity contribution in [3.05, 3.63) is 24.3 Å². The quantitative estimate of drug-likeness (QED) is 0.503. The predicted molar refractivity (Wildman–Crippen MR) is 100 cm³/mol. The van der Waals surface area contributed by atoms with E-state index in [-0.39, 0.29) is 18.0 Å². The summed E-state index contributed by atoms with van der Waals surface area (Å²) >= 11 is 0. The molecule has 146 valence electrons. The molecule has 0 atom stereocenters. The average molecular weight is 385 g/mol. The molecule has 1 N–H and O–H groups in total. The van der Waals surface area contributed by atoms with Crippen LogP contribution in [0.5, 0.6) is 0 Å². The largest absolute Gasteiger partial charge is 0.494 e. The first-order valence-electron chi connectivity index (χ1n) is 8.61. The molecule has 0 aromatic heterocycles. The number of rotatable bonds is 9. The first kappa shape index (κ1) is 21.3. The maximum atomic E-state index is 12.5. The zero-order chi connectivity index (χ0) is 19.4. The Morgan fingerprint density at radius 3 is 2.35 bits per heavy atom. The summed E-state index contributed by atoms with van der Waals surface area (Å²) in [6.45, 7) is 9.19. The molecule has 0 bridgehead atoms. The number of hydrogen-bond donors (Lipinski definition) is 1. The third kappa shape index (κ3) is 5.06. The van der Waals surface area contributed by atoms with Crippen LogP contribution in [-0.2, 0) is 28.8 Å². The van der Waals surface area contributed by atoms with Gasteiger partial charge in [0.05, 0.1) is 35.9 Å². The fourth-order valence-electron chi connectivity index (χ4n) is 2.38. The molecule has 1 heterocycles. The van der Waals surface area contributed by atoms with Crippen LogP contribution in [0.15, 0.2) is 29.2 Å². The molecule has 9 heteroatoms. The van der Waals surface area contributed by atoms with Crippen LogP contribution in [0, 0.1) is 0 Å². The minimum absolute atomic E-state index is 0.168. The van der Waals surface area contributed by atoms with E-state index in [0.717, 1.165) is 0 Å². The molecule has 1 aliphatic rings. The molecule has 0 amide bonds. The van der Waals surface area contributed by atoms with Crippen molar-refractivity contribution in [2.24, 2.45) is 0 Å². The highest BCUT2D eigenvalue weighted by molar-refractivity contribution is 7.89. The summed E-state index contributed by atoms with van der Waals surface area (Å²) in [6.07, 6.45) is 0. The van der Waals surface area contributed by atoms with Crippen LogP contribution >= 0.6 is 0 Å². The van der Waals surface area contributed by atoms with E-state index in [4.69, 9.17) is 18.8 Å². The van der Waals surface area contributed by atoms with E-state index in [2.05, 4.69) is 4.72 Å². The first-order valence-corrected chi connectivity index (χ1v) is 10.1. The summed E-state index contributed by atoms with van der Waals surface area (Å²) in [5, 5.41) is 0. The first-order chi connectivity index (χ1) is 12.1. The Labute approximate surface area is 156 Å². The van der Waals surface area contributed by atoms with Gasteiger partial charge in [0.1, 0.15) is 0 Å². The smallest absolute Gasteiger partial charge is 0.399 e. The van der Waals surface area contributed by atoms with E-state index in [0.29, 0.717) is 18.7 Å². The molecule has 1 aromatic carbocycles. The van der Waals surface area contributed by atoms with Crippen LogP contribution in [0.1, 0.15) is 27.7 Å². The number of benzene rings is 1. The maximum Gasteiger partial charge on any atom is 0.494 e. The lowest BCUT2D eigenvalue weighted by Gasteiger charge is -2.32.